The van der Waals surface area contributed by atoms with Crippen LogP contribution in [-0.4, -0.2) is 51.5 Å². The Morgan fingerprint density at radius 2 is 1.93 bits per heavy atom. The van der Waals surface area contributed by atoms with E-state index >= 15 is 0 Å². The molecule has 0 radical (unpaired) electrons. The third kappa shape index (κ3) is 4.52. The molecule has 8 heteroatoms. The molecule has 2 aromatic carbocycles. The summed E-state index contributed by atoms with van der Waals surface area (Å²) in [6.07, 6.45) is 0. The third-order valence-electron chi connectivity index (χ3n) is 4.44. The van der Waals surface area contributed by atoms with E-state index in [2.05, 4.69) is 5.32 Å². The van der Waals surface area contributed by atoms with Crippen LogP contribution in [0.5, 0.6) is 5.75 Å². The monoisotopic (exact) mass is 404 g/mol. The van der Waals surface area contributed by atoms with Crippen LogP contribution >= 0.6 is 0 Å². The zero-order valence-electron chi connectivity index (χ0n) is 16.0. The lowest BCUT2D eigenvalue weighted by Crippen LogP contribution is -2.40. The van der Waals surface area contributed by atoms with Crippen molar-refractivity contribution in [3.8, 4) is 5.75 Å². The summed E-state index contributed by atoms with van der Waals surface area (Å²) in [5.74, 6) is 0.270. The number of carbonyl (C=O) groups is 1. The van der Waals surface area contributed by atoms with Gasteiger partial charge >= 0.3 is 0 Å². The predicted molar refractivity (Wildman–Crippen MR) is 106 cm³/mol. The van der Waals surface area contributed by atoms with Gasteiger partial charge in [0.15, 0.2) is 0 Å². The first-order valence-corrected chi connectivity index (χ1v) is 10.6. The fraction of sp³-hybridized carbons (Fsp3) is 0.350. The van der Waals surface area contributed by atoms with Crippen LogP contribution in [0.25, 0.3) is 0 Å². The minimum absolute atomic E-state index is 0.144. The molecule has 1 fully saturated rings. The molecule has 1 aliphatic heterocycles. The molecule has 3 rings (SSSR count). The number of benzene rings is 2. The molecule has 0 saturated carbocycles. The maximum absolute atomic E-state index is 13.0. The van der Waals surface area contributed by atoms with Crippen molar-refractivity contribution in [2.45, 2.75) is 18.7 Å². The van der Waals surface area contributed by atoms with E-state index in [1.807, 2.05) is 6.92 Å². The summed E-state index contributed by atoms with van der Waals surface area (Å²) >= 11 is 0. The number of morpholine rings is 1. The van der Waals surface area contributed by atoms with Crippen molar-refractivity contribution in [1.29, 1.82) is 0 Å². The maximum Gasteiger partial charge on any atom is 0.255 e. The lowest BCUT2D eigenvalue weighted by Gasteiger charge is -2.26. The summed E-state index contributed by atoms with van der Waals surface area (Å²) < 4.78 is 38.0. The van der Waals surface area contributed by atoms with Crippen LogP contribution < -0.4 is 10.1 Å². The van der Waals surface area contributed by atoms with Gasteiger partial charge in [-0.2, -0.15) is 4.31 Å². The van der Waals surface area contributed by atoms with E-state index in [4.69, 9.17) is 9.47 Å². The summed E-state index contributed by atoms with van der Waals surface area (Å²) in [5.41, 5.74) is 1.45. The van der Waals surface area contributed by atoms with Gasteiger partial charge in [-0.05, 0) is 43.7 Å². The Hall–Kier alpha value is -2.42. The normalized spacial score (nSPS) is 15.2. The zero-order valence-corrected chi connectivity index (χ0v) is 16.8. The number of anilines is 1. The van der Waals surface area contributed by atoms with Gasteiger partial charge in [-0.25, -0.2) is 8.42 Å². The van der Waals surface area contributed by atoms with E-state index < -0.39 is 10.0 Å². The minimum Gasteiger partial charge on any atom is -0.494 e. The number of amides is 1. The maximum atomic E-state index is 13.0. The van der Waals surface area contributed by atoms with Crippen LogP contribution in [0.1, 0.15) is 22.8 Å². The Labute approximate surface area is 165 Å². The predicted octanol–water partition coefficient (Wildman–Crippen LogP) is 2.67. The lowest BCUT2D eigenvalue weighted by atomic mass is 10.1. The number of sulfonamides is 1. The summed E-state index contributed by atoms with van der Waals surface area (Å²) in [7, 11) is -3.68. The first-order chi connectivity index (χ1) is 13.4. The molecule has 0 spiro atoms. The molecule has 1 aliphatic rings. The van der Waals surface area contributed by atoms with E-state index in [0.717, 1.165) is 0 Å². The SMILES string of the molecule is CCOc1cccc(NC(=O)c2ccc(C)c(S(=O)(=O)N3CCOCC3)c2)c1. The topological polar surface area (TPSA) is 84.9 Å². The fourth-order valence-corrected chi connectivity index (χ4v) is 4.64. The highest BCUT2D eigenvalue weighted by Crippen LogP contribution is 2.23. The molecule has 0 bridgehead atoms. The second-order valence-electron chi connectivity index (χ2n) is 6.41. The van der Waals surface area contributed by atoms with Gasteiger partial charge in [-0.3, -0.25) is 4.79 Å². The molecule has 28 heavy (non-hydrogen) atoms. The van der Waals surface area contributed by atoms with Crippen LogP contribution in [0.4, 0.5) is 5.69 Å². The molecular weight excluding hydrogens is 380 g/mol. The van der Waals surface area contributed by atoms with Crippen LogP contribution in [0.3, 0.4) is 0 Å². The van der Waals surface area contributed by atoms with Gasteiger partial charge in [0.2, 0.25) is 10.0 Å². The van der Waals surface area contributed by atoms with Gasteiger partial charge in [-0.15, -0.1) is 0 Å². The van der Waals surface area contributed by atoms with Gasteiger partial charge < -0.3 is 14.8 Å². The Bertz CT molecular complexity index is 953. The Morgan fingerprint density at radius 1 is 1.18 bits per heavy atom. The highest BCUT2D eigenvalue weighted by molar-refractivity contribution is 7.89. The molecule has 7 nitrogen and oxygen atoms in total. The first-order valence-electron chi connectivity index (χ1n) is 9.14. The smallest absolute Gasteiger partial charge is 0.255 e. The lowest BCUT2D eigenvalue weighted by molar-refractivity contribution is 0.0730. The van der Waals surface area contributed by atoms with E-state index in [1.165, 1.54) is 10.4 Å². The molecule has 0 aliphatic carbocycles. The summed E-state index contributed by atoms with van der Waals surface area (Å²) in [6.45, 7) is 5.49. The number of aryl methyl sites for hydroxylation is 1. The van der Waals surface area contributed by atoms with Crippen molar-refractivity contribution in [3.05, 3.63) is 53.6 Å². The molecule has 1 amide bonds. The number of ether oxygens (including phenoxy) is 2. The number of hydrogen-bond acceptors (Lipinski definition) is 5. The average Bonchev–Trinajstić information content (AvgIpc) is 2.69. The number of hydrogen-bond donors (Lipinski definition) is 1. The van der Waals surface area contributed by atoms with E-state index in [1.54, 1.807) is 43.3 Å². The van der Waals surface area contributed by atoms with Gasteiger partial charge in [0.25, 0.3) is 5.91 Å². The van der Waals surface area contributed by atoms with E-state index in [-0.39, 0.29) is 16.4 Å². The second kappa shape index (κ2) is 8.72. The summed E-state index contributed by atoms with van der Waals surface area (Å²) in [5, 5.41) is 2.79. The zero-order chi connectivity index (χ0) is 20.1. The van der Waals surface area contributed by atoms with Crippen molar-refractivity contribution >= 4 is 21.6 Å². The Kier molecular flexibility index (Phi) is 6.33. The van der Waals surface area contributed by atoms with Crippen molar-refractivity contribution in [2.75, 3.05) is 38.2 Å². The standard InChI is InChI=1S/C20H24N2O5S/c1-3-27-18-6-4-5-17(14-18)21-20(23)16-8-7-15(2)19(13-16)28(24,25)22-9-11-26-12-10-22/h4-8,13-14H,3,9-12H2,1-2H3,(H,21,23). The van der Waals surface area contributed by atoms with Crippen LogP contribution in [-0.2, 0) is 14.8 Å². The molecule has 0 unspecified atom stereocenters. The van der Waals surface area contributed by atoms with Crippen LogP contribution in [0.15, 0.2) is 47.4 Å². The van der Waals surface area contributed by atoms with Crippen molar-refractivity contribution in [3.63, 3.8) is 0 Å². The largest absolute Gasteiger partial charge is 0.494 e. The quantitative estimate of drug-likeness (QED) is 0.800. The molecule has 0 aromatic heterocycles. The van der Waals surface area contributed by atoms with Gasteiger partial charge in [-0.1, -0.05) is 12.1 Å². The molecule has 1 N–H and O–H groups in total. The number of rotatable bonds is 6. The fourth-order valence-electron chi connectivity index (χ4n) is 2.98. The van der Waals surface area contributed by atoms with E-state index in [0.29, 0.717) is 49.9 Å². The van der Waals surface area contributed by atoms with E-state index in [9.17, 15) is 13.2 Å². The second-order valence-corrected chi connectivity index (χ2v) is 8.32. The molecule has 1 heterocycles. The van der Waals surface area contributed by atoms with Gasteiger partial charge in [0.1, 0.15) is 5.75 Å². The Balaban J connectivity index is 1.84. The molecule has 0 atom stereocenters. The first kappa shape index (κ1) is 20.3. The summed E-state index contributed by atoms with van der Waals surface area (Å²) in [6, 6.07) is 11.8. The number of nitrogens with zero attached hydrogens (tertiary/aromatic N) is 1. The molecule has 1 saturated heterocycles. The van der Waals surface area contributed by atoms with Crippen molar-refractivity contribution in [2.24, 2.45) is 0 Å². The Morgan fingerprint density at radius 3 is 2.64 bits per heavy atom. The number of nitrogens with one attached hydrogen (secondary N) is 1. The summed E-state index contributed by atoms with van der Waals surface area (Å²) in [4.78, 5) is 12.8. The third-order valence-corrected chi connectivity index (χ3v) is 6.48. The van der Waals surface area contributed by atoms with Crippen molar-refractivity contribution < 1.29 is 22.7 Å². The van der Waals surface area contributed by atoms with Gasteiger partial charge in [0, 0.05) is 30.4 Å². The highest BCUT2D eigenvalue weighted by atomic mass is 32.2. The molecule has 2 aromatic rings. The minimum atomic E-state index is -3.68. The molecule has 150 valence electrons. The highest BCUT2D eigenvalue weighted by Gasteiger charge is 2.28. The van der Waals surface area contributed by atoms with Gasteiger partial charge in [0.05, 0.1) is 24.7 Å². The average molecular weight is 404 g/mol. The molecular formula is C20H24N2O5S. The van der Waals surface area contributed by atoms with Crippen molar-refractivity contribution in [1.82, 2.24) is 4.31 Å². The van der Waals surface area contributed by atoms with Crippen LogP contribution in [0.2, 0.25) is 0 Å². The number of carbonyl (C=O) groups excluding carboxylic acids is 1. The van der Waals surface area contributed by atoms with Crippen LogP contribution in [0, 0.1) is 6.92 Å².